The Morgan fingerprint density at radius 1 is 1.29 bits per heavy atom. The van der Waals surface area contributed by atoms with Gasteiger partial charge in [0.1, 0.15) is 5.82 Å². The van der Waals surface area contributed by atoms with Crippen molar-refractivity contribution in [3.8, 4) is 0 Å². The molecular formula is C16H22N4O. The number of fused-ring (bicyclic) bond motifs is 1. The minimum absolute atomic E-state index is 0.0751. The summed E-state index contributed by atoms with van der Waals surface area (Å²) >= 11 is 0. The van der Waals surface area contributed by atoms with Gasteiger partial charge in [-0.25, -0.2) is 4.98 Å². The lowest BCUT2D eigenvalue weighted by Crippen LogP contribution is -2.35. The first kappa shape index (κ1) is 15.1. The second-order valence-electron chi connectivity index (χ2n) is 5.63. The highest BCUT2D eigenvalue weighted by Gasteiger charge is 2.20. The Labute approximate surface area is 125 Å². The Kier molecular flexibility index (Phi) is 4.31. The summed E-state index contributed by atoms with van der Waals surface area (Å²) in [7, 11) is 1.98. The summed E-state index contributed by atoms with van der Waals surface area (Å²) in [5.74, 6) is 1.26. The number of amidine groups is 1. The molecule has 0 spiro atoms. The molecule has 1 heterocycles. The number of benzene rings is 1. The van der Waals surface area contributed by atoms with Crippen molar-refractivity contribution in [1.82, 2.24) is 4.98 Å². The molecule has 1 unspecified atom stereocenters. The minimum atomic E-state index is 0.0751. The third-order valence-electron chi connectivity index (χ3n) is 4.00. The zero-order chi connectivity index (χ0) is 15.6. The average Bonchev–Trinajstić information content (AvgIpc) is 2.51. The van der Waals surface area contributed by atoms with Gasteiger partial charge in [0.15, 0.2) is 5.84 Å². The maximum absolute atomic E-state index is 9.03. The van der Waals surface area contributed by atoms with Crippen molar-refractivity contribution in [2.24, 2.45) is 16.8 Å². The van der Waals surface area contributed by atoms with Crippen LogP contribution in [0.5, 0.6) is 0 Å². The molecule has 0 radical (unpaired) electrons. The van der Waals surface area contributed by atoms with E-state index in [2.05, 4.69) is 30.8 Å². The van der Waals surface area contributed by atoms with Crippen LogP contribution in [0.2, 0.25) is 0 Å². The molecule has 0 fully saturated rings. The van der Waals surface area contributed by atoms with Crippen LogP contribution in [0.15, 0.2) is 35.5 Å². The fourth-order valence-electron chi connectivity index (χ4n) is 2.26. The molecule has 2 aromatic rings. The van der Waals surface area contributed by atoms with Crippen molar-refractivity contribution in [2.45, 2.75) is 26.8 Å². The Hall–Kier alpha value is -2.30. The Bertz CT molecular complexity index is 666. The van der Waals surface area contributed by atoms with Gasteiger partial charge >= 0.3 is 0 Å². The van der Waals surface area contributed by atoms with Gasteiger partial charge in [-0.05, 0) is 25.0 Å². The van der Waals surface area contributed by atoms with Gasteiger partial charge in [-0.15, -0.1) is 0 Å². The van der Waals surface area contributed by atoms with Gasteiger partial charge in [-0.1, -0.05) is 37.2 Å². The molecule has 0 aliphatic rings. The second kappa shape index (κ2) is 5.99. The molecule has 5 heteroatoms. The van der Waals surface area contributed by atoms with Crippen molar-refractivity contribution < 1.29 is 5.21 Å². The molecule has 5 nitrogen and oxygen atoms in total. The van der Waals surface area contributed by atoms with Gasteiger partial charge in [0.2, 0.25) is 0 Å². The van der Waals surface area contributed by atoms with Crippen LogP contribution in [0.3, 0.4) is 0 Å². The number of hydrogen-bond acceptors (Lipinski definition) is 4. The van der Waals surface area contributed by atoms with E-state index >= 15 is 0 Å². The van der Waals surface area contributed by atoms with Crippen molar-refractivity contribution in [3.05, 3.63) is 35.9 Å². The Morgan fingerprint density at radius 2 is 1.95 bits per heavy atom. The quantitative estimate of drug-likeness (QED) is 0.392. The molecule has 1 atom stereocenters. The SMILES string of the molecule is CC(C)C(C)N(C)c1nc2ccccc2cc1C(N)=NO. The predicted octanol–water partition coefficient (Wildman–Crippen LogP) is 2.81. The first-order valence-corrected chi connectivity index (χ1v) is 7.06. The fourth-order valence-corrected chi connectivity index (χ4v) is 2.26. The van der Waals surface area contributed by atoms with Crippen LogP contribution in [0.4, 0.5) is 5.82 Å². The minimum Gasteiger partial charge on any atom is -0.409 e. The lowest BCUT2D eigenvalue weighted by atomic mass is 10.0. The first-order valence-electron chi connectivity index (χ1n) is 7.06. The third kappa shape index (κ3) is 2.91. The van der Waals surface area contributed by atoms with Gasteiger partial charge in [-0.2, -0.15) is 0 Å². The maximum atomic E-state index is 9.03. The standard InChI is InChI=1S/C16H22N4O/c1-10(2)11(3)20(4)16-13(15(17)19-21)9-12-7-5-6-8-14(12)18-16/h5-11,21H,1-4H3,(H2,17,19). The summed E-state index contributed by atoms with van der Waals surface area (Å²) in [6.07, 6.45) is 0. The van der Waals surface area contributed by atoms with E-state index < -0.39 is 0 Å². The topological polar surface area (TPSA) is 74.7 Å². The number of aromatic nitrogens is 1. The largest absolute Gasteiger partial charge is 0.409 e. The van der Waals surface area contributed by atoms with E-state index in [1.54, 1.807) is 0 Å². The molecule has 1 aromatic heterocycles. The van der Waals surface area contributed by atoms with Crippen LogP contribution in [0.1, 0.15) is 26.3 Å². The number of nitrogens with zero attached hydrogens (tertiary/aromatic N) is 3. The molecule has 3 N–H and O–H groups in total. The van der Waals surface area contributed by atoms with Crippen LogP contribution >= 0.6 is 0 Å². The van der Waals surface area contributed by atoms with E-state index in [1.807, 2.05) is 37.4 Å². The molecule has 0 aliphatic carbocycles. The van der Waals surface area contributed by atoms with Crippen LogP contribution in [-0.2, 0) is 0 Å². The van der Waals surface area contributed by atoms with E-state index in [-0.39, 0.29) is 11.9 Å². The Morgan fingerprint density at radius 3 is 2.57 bits per heavy atom. The fraction of sp³-hybridized carbons (Fsp3) is 0.375. The van der Waals surface area contributed by atoms with Crippen molar-refractivity contribution >= 4 is 22.6 Å². The molecule has 0 bridgehead atoms. The van der Waals surface area contributed by atoms with E-state index in [1.165, 1.54) is 0 Å². The normalized spacial score (nSPS) is 13.7. The smallest absolute Gasteiger partial charge is 0.173 e. The highest BCUT2D eigenvalue weighted by Crippen LogP contribution is 2.25. The lowest BCUT2D eigenvalue weighted by molar-refractivity contribution is 0.318. The van der Waals surface area contributed by atoms with Gasteiger partial charge < -0.3 is 15.8 Å². The molecule has 21 heavy (non-hydrogen) atoms. The van der Waals surface area contributed by atoms with Crippen molar-refractivity contribution in [3.63, 3.8) is 0 Å². The summed E-state index contributed by atoms with van der Waals surface area (Å²) < 4.78 is 0. The highest BCUT2D eigenvalue weighted by molar-refractivity contribution is 6.04. The zero-order valence-corrected chi connectivity index (χ0v) is 12.9. The van der Waals surface area contributed by atoms with Crippen LogP contribution < -0.4 is 10.6 Å². The van der Waals surface area contributed by atoms with E-state index in [0.29, 0.717) is 11.5 Å². The van der Waals surface area contributed by atoms with Gasteiger partial charge in [-0.3, -0.25) is 0 Å². The van der Waals surface area contributed by atoms with Gasteiger partial charge in [0, 0.05) is 18.5 Å². The zero-order valence-electron chi connectivity index (χ0n) is 12.9. The number of pyridine rings is 1. The molecule has 112 valence electrons. The number of hydrogen-bond donors (Lipinski definition) is 2. The molecule has 0 saturated heterocycles. The summed E-state index contributed by atoms with van der Waals surface area (Å²) in [4.78, 5) is 6.78. The number of rotatable bonds is 4. The predicted molar refractivity (Wildman–Crippen MR) is 87.0 cm³/mol. The van der Waals surface area contributed by atoms with Crippen LogP contribution in [0, 0.1) is 5.92 Å². The molecule has 0 amide bonds. The number of oxime groups is 1. The monoisotopic (exact) mass is 286 g/mol. The lowest BCUT2D eigenvalue weighted by Gasteiger charge is -2.30. The van der Waals surface area contributed by atoms with E-state index in [9.17, 15) is 0 Å². The van der Waals surface area contributed by atoms with Gasteiger partial charge in [0.05, 0.1) is 11.1 Å². The molecule has 0 saturated carbocycles. The Balaban J connectivity index is 2.64. The number of anilines is 1. The van der Waals surface area contributed by atoms with Gasteiger partial charge in [0.25, 0.3) is 0 Å². The maximum Gasteiger partial charge on any atom is 0.173 e. The van der Waals surface area contributed by atoms with E-state index in [4.69, 9.17) is 15.9 Å². The molecule has 0 aliphatic heterocycles. The summed E-state index contributed by atoms with van der Waals surface area (Å²) in [6.45, 7) is 6.45. The van der Waals surface area contributed by atoms with Crippen molar-refractivity contribution in [1.29, 1.82) is 0 Å². The second-order valence-corrected chi connectivity index (χ2v) is 5.63. The first-order chi connectivity index (χ1) is 9.95. The molecular weight excluding hydrogens is 264 g/mol. The summed E-state index contributed by atoms with van der Waals surface area (Å²) in [5, 5.41) is 13.1. The summed E-state index contributed by atoms with van der Waals surface area (Å²) in [6, 6.07) is 10.0. The van der Waals surface area contributed by atoms with Crippen molar-refractivity contribution in [2.75, 3.05) is 11.9 Å². The summed E-state index contributed by atoms with van der Waals surface area (Å²) in [5.41, 5.74) is 7.37. The van der Waals surface area contributed by atoms with Crippen LogP contribution in [-0.4, -0.2) is 29.1 Å². The number of para-hydroxylation sites is 1. The average molecular weight is 286 g/mol. The highest BCUT2D eigenvalue weighted by atomic mass is 16.4. The molecule has 2 rings (SSSR count). The molecule has 1 aromatic carbocycles. The number of nitrogens with two attached hydrogens (primary N) is 1. The van der Waals surface area contributed by atoms with Crippen LogP contribution in [0.25, 0.3) is 10.9 Å². The van der Waals surface area contributed by atoms with E-state index in [0.717, 1.165) is 16.7 Å². The third-order valence-corrected chi connectivity index (χ3v) is 4.00.